The Morgan fingerprint density at radius 1 is 1.35 bits per heavy atom. The monoisotopic (exact) mass is 276 g/mol. The van der Waals surface area contributed by atoms with E-state index >= 15 is 0 Å². The van der Waals surface area contributed by atoms with Crippen LogP contribution in [-0.4, -0.2) is 17.4 Å². The molecule has 2 rings (SSSR count). The minimum absolute atomic E-state index is 0.144. The van der Waals surface area contributed by atoms with Crippen LogP contribution in [0.1, 0.15) is 48.9 Å². The number of hydrogen-bond acceptors (Lipinski definition) is 3. The predicted octanol–water partition coefficient (Wildman–Crippen LogP) is 2.41. The van der Waals surface area contributed by atoms with E-state index in [0.717, 1.165) is 24.8 Å². The lowest BCUT2D eigenvalue weighted by atomic mass is 9.89. The quantitative estimate of drug-likeness (QED) is 0.663. The first kappa shape index (κ1) is 14.5. The molecular formula is C15H20N2O3. The lowest BCUT2D eigenvalue weighted by Crippen LogP contribution is -2.33. The standard InChI is InChI=1S/C15H20N2O3/c1-2-14(16-15(18)10-17(19)20)13-8-7-11-5-3-4-6-12(11)9-13/h7-9,14H,2-6,10H2,1H3,(H,16,18). The highest BCUT2D eigenvalue weighted by Gasteiger charge is 2.18. The molecular weight excluding hydrogens is 256 g/mol. The summed E-state index contributed by atoms with van der Waals surface area (Å²) in [6, 6.07) is 6.17. The molecule has 0 aromatic heterocycles. The fourth-order valence-electron chi connectivity index (χ4n) is 2.75. The van der Waals surface area contributed by atoms with E-state index in [1.165, 1.54) is 24.0 Å². The van der Waals surface area contributed by atoms with Gasteiger partial charge in [0.2, 0.25) is 0 Å². The van der Waals surface area contributed by atoms with Crippen LogP contribution in [-0.2, 0) is 17.6 Å². The number of amides is 1. The maximum Gasteiger partial charge on any atom is 0.292 e. The van der Waals surface area contributed by atoms with Crippen molar-refractivity contribution in [2.45, 2.75) is 45.1 Å². The molecule has 5 heteroatoms. The van der Waals surface area contributed by atoms with Gasteiger partial charge in [0.1, 0.15) is 0 Å². The molecule has 0 saturated heterocycles. The van der Waals surface area contributed by atoms with Crippen molar-refractivity contribution in [3.8, 4) is 0 Å². The zero-order chi connectivity index (χ0) is 14.5. The predicted molar refractivity (Wildman–Crippen MR) is 76.1 cm³/mol. The number of aryl methyl sites for hydroxylation is 2. The molecule has 1 N–H and O–H groups in total. The van der Waals surface area contributed by atoms with E-state index in [1.54, 1.807) is 0 Å². The summed E-state index contributed by atoms with van der Waals surface area (Å²) in [6.45, 7) is 1.30. The number of carbonyl (C=O) groups excluding carboxylic acids is 1. The summed E-state index contributed by atoms with van der Waals surface area (Å²) in [7, 11) is 0. The number of hydrogen-bond donors (Lipinski definition) is 1. The van der Waals surface area contributed by atoms with E-state index in [0.29, 0.717) is 0 Å². The third kappa shape index (κ3) is 3.56. The number of fused-ring (bicyclic) bond motifs is 1. The van der Waals surface area contributed by atoms with Crippen molar-refractivity contribution < 1.29 is 9.72 Å². The number of carbonyl (C=O) groups is 1. The number of nitro groups is 1. The SMILES string of the molecule is CCC(NC(=O)C[N+](=O)[O-])c1ccc2c(c1)CCCC2. The summed E-state index contributed by atoms with van der Waals surface area (Å²) in [4.78, 5) is 21.3. The first-order valence-electron chi connectivity index (χ1n) is 7.13. The number of nitrogens with one attached hydrogen (secondary N) is 1. The molecule has 108 valence electrons. The first-order chi connectivity index (χ1) is 9.60. The maximum atomic E-state index is 11.5. The van der Waals surface area contributed by atoms with E-state index in [-0.39, 0.29) is 6.04 Å². The molecule has 0 aliphatic heterocycles. The molecule has 20 heavy (non-hydrogen) atoms. The Hall–Kier alpha value is -1.91. The minimum atomic E-state index is -0.665. The number of benzene rings is 1. The molecule has 1 atom stereocenters. The summed E-state index contributed by atoms with van der Waals surface area (Å²) in [5.41, 5.74) is 3.80. The largest absolute Gasteiger partial charge is 0.344 e. The second-order valence-electron chi connectivity index (χ2n) is 5.25. The van der Waals surface area contributed by atoms with Gasteiger partial charge in [0.15, 0.2) is 0 Å². The summed E-state index contributed by atoms with van der Waals surface area (Å²) in [6.07, 6.45) is 5.38. The molecule has 0 spiro atoms. The Balaban J connectivity index is 2.11. The van der Waals surface area contributed by atoms with Gasteiger partial charge in [0, 0.05) is 4.92 Å². The van der Waals surface area contributed by atoms with Gasteiger partial charge in [-0.15, -0.1) is 0 Å². The van der Waals surface area contributed by atoms with Crippen molar-refractivity contribution in [3.63, 3.8) is 0 Å². The van der Waals surface area contributed by atoms with Crippen LogP contribution in [0.15, 0.2) is 18.2 Å². The Labute approximate surface area is 118 Å². The van der Waals surface area contributed by atoms with E-state index in [1.807, 2.05) is 13.0 Å². The second-order valence-corrected chi connectivity index (χ2v) is 5.25. The molecule has 1 amide bonds. The van der Waals surface area contributed by atoms with Gasteiger partial charge >= 0.3 is 0 Å². The van der Waals surface area contributed by atoms with Gasteiger partial charge in [0.05, 0.1) is 6.04 Å². The molecule has 1 aliphatic rings. The Kier molecular flexibility index (Phi) is 4.71. The van der Waals surface area contributed by atoms with Crippen molar-refractivity contribution in [3.05, 3.63) is 45.0 Å². The van der Waals surface area contributed by atoms with Gasteiger partial charge < -0.3 is 5.32 Å². The van der Waals surface area contributed by atoms with Crippen molar-refractivity contribution in [2.24, 2.45) is 0 Å². The Bertz CT molecular complexity index is 514. The van der Waals surface area contributed by atoms with Gasteiger partial charge in [-0.1, -0.05) is 25.1 Å². The number of nitrogens with zero attached hydrogens (tertiary/aromatic N) is 1. The van der Waals surface area contributed by atoms with E-state index in [2.05, 4.69) is 17.4 Å². The fraction of sp³-hybridized carbons (Fsp3) is 0.533. The summed E-state index contributed by atoms with van der Waals surface area (Å²) < 4.78 is 0. The lowest BCUT2D eigenvalue weighted by molar-refractivity contribution is -0.467. The van der Waals surface area contributed by atoms with Crippen molar-refractivity contribution in [1.29, 1.82) is 0 Å². The molecule has 0 bridgehead atoms. The fourth-order valence-corrected chi connectivity index (χ4v) is 2.75. The van der Waals surface area contributed by atoms with E-state index in [9.17, 15) is 14.9 Å². The molecule has 0 saturated carbocycles. The van der Waals surface area contributed by atoms with Crippen LogP contribution in [0.5, 0.6) is 0 Å². The molecule has 0 fully saturated rings. The van der Waals surface area contributed by atoms with Crippen LogP contribution >= 0.6 is 0 Å². The average molecular weight is 276 g/mol. The third-order valence-electron chi connectivity index (χ3n) is 3.79. The molecule has 5 nitrogen and oxygen atoms in total. The van der Waals surface area contributed by atoms with Crippen LogP contribution in [0, 0.1) is 10.1 Å². The smallest absolute Gasteiger partial charge is 0.292 e. The highest BCUT2D eigenvalue weighted by molar-refractivity contribution is 5.77. The molecule has 1 unspecified atom stereocenters. The summed E-state index contributed by atoms with van der Waals surface area (Å²) in [5.74, 6) is -0.528. The lowest BCUT2D eigenvalue weighted by Gasteiger charge is -2.21. The normalized spacial score (nSPS) is 15.2. The van der Waals surface area contributed by atoms with Crippen LogP contribution in [0.3, 0.4) is 0 Å². The van der Waals surface area contributed by atoms with Crippen LogP contribution < -0.4 is 5.32 Å². The van der Waals surface area contributed by atoms with E-state index in [4.69, 9.17) is 0 Å². The average Bonchev–Trinajstić information content (AvgIpc) is 2.43. The topological polar surface area (TPSA) is 72.2 Å². The minimum Gasteiger partial charge on any atom is -0.344 e. The molecule has 1 aliphatic carbocycles. The highest BCUT2D eigenvalue weighted by atomic mass is 16.6. The molecule has 1 aromatic rings. The maximum absolute atomic E-state index is 11.5. The van der Waals surface area contributed by atoms with Crippen LogP contribution in [0.4, 0.5) is 0 Å². The molecule has 1 aromatic carbocycles. The van der Waals surface area contributed by atoms with E-state index < -0.39 is 17.4 Å². The van der Waals surface area contributed by atoms with Crippen molar-refractivity contribution in [2.75, 3.05) is 6.54 Å². The van der Waals surface area contributed by atoms with Gasteiger partial charge in [-0.2, -0.15) is 0 Å². The Morgan fingerprint density at radius 2 is 2.05 bits per heavy atom. The highest BCUT2D eigenvalue weighted by Crippen LogP contribution is 2.25. The number of rotatable bonds is 5. The van der Waals surface area contributed by atoms with Crippen LogP contribution in [0.25, 0.3) is 0 Å². The van der Waals surface area contributed by atoms with Crippen LogP contribution in [0.2, 0.25) is 0 Å². The summed E-state index contributed by atoms with van der Waals surface area (Å²) >= 11 is 0. The summed E-state index contributed by atoms with van der Waals surface area (Å²) in [5, 5.41) is 13.1. The first-order valence-corrected chi connectivity index (χ1v) is 7.13. The molecule has 0 radical (unpaired) electrons. The van der Waals surface area contributed by atoms with Gasteiger partial charge in [-0.25, -0.2) is 0 Å². The second kappa shape index (κ2) is 6.50. The Morgan fingerprint density at radius 3 is 2.70 bits per heavy atom. The third-order valence-corrected chi connectivity index (χ3v) is 3.79. The van der Waals surface area contributed by atoms with Crippen molar-refractivity contribution in [1.82, 2.24) is 5.32 Å². The molecule has 0 heterocycles. The van der Waals surface area contributed by atoms with Gasteiger partial charge in [-0.3, -0.25) is 14.9 Å². The van der Waals surface area contributed by atoms with Crippen molar-refractivity contribution >= 4 is 5.91 Å². The van der Waals surface area contributed by atoms with Gasteiger partial charge in [-0.05, 0) is 48.8 Å². The van der Waals surface area contributed by atoms with Gasteiger partial charge in [0.25, 0.3) is 12.5 Å². The zero-order valence-electron chi connectivity index (χ0n) is 11.7. The zero-order valence-corrected chi connectivity index (χ0v) is 11.7.